The highest BCUT2D eigenvalue weighted by Crippen LogP contribution is 2.31. The fourth-order valence-electron chi connectivity index (χ4n) is 12.0. The summed E-state index contributed by atoms with van der Waals surface area (Å²) in [4.78, 5) is 128. The molecule has 1 fully saturated rings. The maximum Gasteiger partial charge on any atom is 0.410 e. The number of likely N-dealkylation sites (tertiary alicyclic amines) is 1. The van der Waals surface area contributed by atoms with Crippen molar-refractivity contribution < 1.29 is 81.4 Å². The Labute approximate surface area is 574 Å². The molecule has 12 unspecified atom stereocenters. The Hall–Kier alpha value is -6.89. The number of carbonyl (C=O) groups excluding carboxylic acids is 9. The van der Waals surface area contributed by atoms with Crippen molar-refractivity contribution in [1.82, 2.24) is 41.3 Å². The minimum absolute atomic E-state index is 0.0343. The van der Waals surface area contributed by atoms with Gasteiger partial charge in [-0.15, -0.1) is 0 Å². The van der Waals surface area contributed by atoms with Gasteiger partial charge in [-0.1, -0.05) is 111 Å². The van der Waals surface area contributed by atoms with Crippen molar-refractivity contribution in [3.05, 3.63) is 65.7 Å². The molecule has 0 bridgehead atoms. The Morgan fingerprint density at radius 1 is 0.691 bits per heavy atom. The van der Waals surface area contributed by atoms with Crippen molar-refractivity contribution in [1.29, 1.82) is 0 Å². The topological polar surface area (TPSA) is 372 Å². The quantitative estimate of drug-likeness (QED) is 0.0423. The number of hydrogen-bond acceptors (Lipinski definition) is 19. The van der Waals surface area contributed by atoms with Gasteiger partial charge in [-0.25, -0.2) is 9.59 Å². The molecule has 1 saturated heterocycles. The molecular formula is C69H115N11O17. The number of nitrogens with zero attached hydrogens (tertiary/aromatic N) is 3. The zero-order valence-corrected chi connectivity index (χ0v) is 59.8. The molecule has 28 heteroatoms. The summed E-state index contributed by atoms with van der Waals surface area (Å²) >= 11 is 0. The van der Waals surface area contributed by atoms with E-state index in [1.54, 1.807) is 89.9 Å². The fraction of sp³-hybridized carbons (Fsp3) is 0.696. The number of rotatable bonds is 46. The van der Waals surface area contributed by atoms with Gasteiger partial charge in [0.2, 0.25) is 41.4 Å². The van der Waals surface area contributed by atoms with Crippen LogP contribution >= 0.6 is 0 Å². The van der Waals surface area contributed by atoms with Gasteiger partial charge < -0.3 is 81.2 Å². The van der Waals surface area contributed by atoms with Gasteiger partial charge in [0.25, 0.3) is 0 Å². The standard InChI is InChI=1S/C69H115N11O17/c1-15-46(8)60(54(91-13)41-56(82)80-32-20-24-53(80)62(92-14)47(9)63(84)73-48(10)61(83)50-21-17-16-18-22-50)78(11)58(44(4)5)66(87)77-67(88)59(45(6)7)79(12)69(90)97-42-49-25-27-51(28-26-49)74-64(85)52(23-19-31-72-68(71)89)75-65(86)57(43(2)3)76-55(81)29-33-93-35-37-95-39-40-96-38-36-94-34-30-70/h16-18,21-22,25-28,43-48,52-54,57-62,83H,15,19-20,23-24,29-42,70H2,1-14H3,(H,73,84)(H,74,85)(H,75,86)(H,76,81)(H3,71,72,89)(H,77,87,88). The number of ether oxygens (including phenoxy) is 7. The van der Waals surface area contributed by atoms with Gasteiger partial charge in [-0.2, -0.15) is 0 Å². The van der Waals surface area contributed by atoms with Crippen LogP contribution in [0.3, 0.4) is 0 Å². The second kappa shape index (κ2) is 44.9. The third-order valence-corrected chi connectivity index (χ3v) is 17.4. The Balaban J connectivity index is 1.64. The lowest BCUT2D eigenvalue weighted by Gasteiger charge is -2.43. The smallest absolute Gasteiger partial charge is 0.410 e. The van der Waals surface area contributed by atoms with Crippen LogP contribution in [0.15, 0.2) is 54.6 Å². The number of aliphatic hydroxyl groups is 1. The number of imide groups is 1. The summed E-state index contributed by atoms with van der Waals surface area (Å²) in [7, 11) is 6.24. The number of urea groups is 1. The molecule has 548 valence electrons. The van der Waals surface area contributed by atoms with E-state index in [4.69, 9.17) is 44.6 Å². The molecule has 0 aliphatic carbocycles. The zero-order valence-electron chi connectivity index (χ0n) is 59.8. The van der Waals surface area contributed by atoms with Crippen molar-refractivity contribution in [3.63, 3.8) is 0 Å². The van der Waals surface area contributed by atoms with Gasteiger partial charge in [0.1, 0.15) is 24.7 Å². The summed E-state index contributed by atoms with van der Waals surface area (Å²) in [5.41, 5.74) is 12.2. The highest BCUT2D eigenvalue weighted by Gasteiger charge is 2.44. The summed E-state index contributed by atoms with van der Waals surface area (Å²) in [5.74, 6) is -5.46. The molecule has 10 amide bonds. The van der Waals surface area contributed by atoms with Crippen LogP contribution in [0.2, 0.25) is 0 Å². The first-order valence-electron chi connectivity index (χ1n) is 34.0. The number of primary amides is 1. The van der Waals surface area contributed by atoms with Crippen LogP contribution in [0.25, 0.3) is 0 Å². The molecule has 1 heterocycles. The number of likely N-dealkylation sites (N-methyl/N-ethyl adjacent to an activating group) is 2. The molecule has 0 aromatic heterocycles. The molecule has 11 N–H and O–H groups in total. The van der Waals surface area contributed by atoms with Crippen molar-refractivity contribution >= 4 is 59.2 Å². The molecule has 2 aromatic carbocycles. The van der Waals surface area contributed by atoms with Crippen LogP contribution in [0.1, 0.15) is 131 Å². The molecule has 0 spiro atoms. The monoisotopic (exact) mass is 1370 g/mol. The summed E-state index contributed by atoms with van der Waals surface area (Å²) in [6.45, 7) is 21.7. The summed E-state index contributed by atoms with van der Waals surface area (Å²) in [6.07, 6.45) is -0.929. The van der Waals surface area contributed by atoms with Crippen LogP contribution in [0.4, 0.5) is 15.3 Å². The van der Waals surface area contributed by atoms with Gasteiger partial charge in [-0.05, 0) is 86.6 Å². The van der Waals surface area contributed by atoms with Crippen molar-refractivity contribution in [2.45, 2.75) is 181 Å². The molecule has 1 aliphatic heterocycles. The predicted molar refractivity (Wildman–Crippen MR) is 366 cm³/mol. The highest BCUT2D eigenvalue weighted by atomic mass is 16.6. The Bertz CT molecular complexity index is 2710. The third kappa shape index (κ3) is 28.5. The van der Waals surface area contributed by atoms with E-state index < -0.39 is 114 Å². The fourth-order valence-corrected chi connectivity index (χ4v) is 12.0. The van der Waals surface area contributed by atoms with Crippen molar-refractivity contribution in [3.8, 4) is 0 Å². The Morgan fingerprint density at radius 2 is 1.28 bits per heavy atom. The molecular weight excluding hydrogens is 1250 g/mol. The number of carbonyl (C=O) groups is 9. The number of nitrogens with two attached hydrogens (primary N) is 2. The van der Waals surface area contributed by atoms with Crippen molar-refractivity contribution in [2.24, 2.45) is 41.1 Å². The molecule has 12 atom stereocenters. The SMILES string of the molecule is CCC(C)C(C(CC(=O)N1CCCC1C(OC)C(C)C(=O)NC(C)C(O)c1ccccc1)OC)N(C)C(C(=O)NC(=O)C(C(C)C)N(C)C(=O)OCc1ccc(NC(=O)C(CCCNC(N)=O)NC(=O)C(NC(=O)CCOCCOCCOCCOCCN)C(C)C)cc1)C(C)C. The van der Waals surface area contributed by atoms with Gasteiger partial charge in [0, 0.05) is 59.1 Å². The van der Waals surface area contributed by atoms with Crippen LogP contribution in [-0.2, 0) is 73.3 Å². The first-order valence-corrected chi connectivity index (χ1v) is 34.0. The van der Waals surface area contributed by atoms with E-state index in [1.807, 2.05) is 50.8 Å². The average Bonchev–Trinajstić information content (AvgIpc) is 1.76. The summed E-state index contributed by atoms with van der Waals surface area (Å²) in [5, 5.41) is 27.3. The maximum atomic E-state index is 14.5. The van der Waals surface area contributed by atoms with E-state index in [0.29, 0.717) is 88.8 Å². The van der Waals surface area contributed by atoms with Crippen molar-refractivity contribution in [2.75, 3.05) is 106 Å². The van der Waals surface area contributed by atoms with Crippen LogP contribution in [0, 0.1) is 29.6 Å². The average molecular weight is 1370 g/mol. The van der Waals surface area contributed by atoms with Gasteiger partial charge in [0.05, 0.1) is 102 Å². The number of nitrogens with one attached hydrogen (secondary N) is 6. The summed E-state index contributed by atoms with van der Waals surface area (Å²) < 4.78 is 39.5. The number of hydrogen-bond donors (Lipinski definition) is 9. The third-order valence-electron chi connectivity index (χ3n) is 17.4. The Morgan fingerprint density at radius 3 is 1.82 bits per heavy atom. The Kier molecular flexibility index (Phi) is 39.0. The van der Waals surface area contributed by atoms with E-state index in [9.17, 15) is 48.3 Å². The predicted octanol–water partition coefficient (Wildman–Crippen LogP) is 4.01. The van der Waals surface area contributed by atoms with E-state index >= 15 is 0 Å². The van der Waals surface area contributed by atoms with Crippen LogP contribution in [-0.4, -0.2) is 229 Å². The minimum Gasteiger partial charge on any atom is -0.445 e. The lowest BCUT2D eigenvalue weighted by Crippen LogP contribution is -2.60. The summed E-state index contributed by atoms with van der Waals surface area (Å²) in [6, 6.07) is 9.02. The molecule has 0 radical (unpaired) electrons. The zero-order chi connectivity index (χ0) is 72.3. The van der Waals surface area contributed by atoms with Gasteiger partial charge >= 0.3 is 12.1 Å². The number of methoxy groups -OCH3 is 2. The first kappa shape index (κ1) is 84.3. The van der Waals surface area contributed by atoms with Crippen LogP contribution in [0.5, 0.6) is 0 Å². The number of amides is 10. The van der Waals surface area contributed by atoms with E-state index in [0.717, 1.165) is 4.90 Å². The van der Waals surface area contributed by atoms with Crippen LogP contribution < -0.4 is 43.4 Å². The highest BCUT2D eigenvalue weighted by molar-refractivity contribution is 6.01. The second-order valence-electron chi connectivity index (χ2n) is 25.8. The first-order chi connectivity index (χ1) is 46.1. The molecule has 28 nitrogen and oxygen atoms in total. The minimum atomic E-state index is -1.15. The maximum absolute atomic E-state index is 14.5. The van der Waals surface area contributed by atoms with E-state index in [2.05, 4.69) is 31.9 Å². The number of benzene rings is 2. The van der Waals surface area contributed by atoms with E-state index in [1.165, 1.54) is 21.3 Å². The van der Waals surface area contributed by atoms with Gasteiger partial charge in [0.15, 0.2) is 0 Å². The molecule has 97 heavy (non-hydrogen) atoms. The molecule has 1 aliphatic rings. The van der Waals surface area contributed by atoms with E-state index in [-0.39, 0.29) is 81.6 Å². The largest absolute Gasteiger partial charge is 0.445 e. The lowest BCUT2D eigenvalue weighted by atomic mass is 9.87. The number of anilines is 1. The number of aliphatic hydroxyl groups excluding tert-OH is 1. The molecule has 0 saturated carbocycles. The molecule has 3 rings (SSSR count). The normalized spacial score (nSPS) is 16.6. The molecule has 2 aromatic rings. The van der Waals surface area contributed by atoms with Gasteiger partial charge in [-0.3, -0.25) is 48.7 Å². The lowest BCUT2D eigenvalue weighted by molar-refractivity contribution is -0.144. The second-order valence-corrected chi connectivity index (χ2v) is 25.8.